The minimum atomic E-state index is 0.463. The molecule has 0 fully saturated rings. The van der Waals surface area contributed by atoms with Gasteiger partial charge in [0.1, 0.15) is 11.5 Å². The fourth-order valence-corrected chi connectivity index (χ4v) is 2.13. The van der Waals surface area contributed by atoms with Crippen molar-refractivity contribution in [3.8, 4) is 0 Å². The molecule has 0 unspecified atom stereocenters. The number of nitrogens with zero attached hydrogens (tertiary/aromatic N) is 2. The van der Waals surface area contributed by atoms with Crippen molar-refractivity contribution in [1.82, 2.24) is 15.1 Å². The summed E-state index contributed by atoms with van der Waals surface area (Å²) in [5.74, 6) is 1.97. The minimum absolute atomic E-state index is 0.463. The molecule has 2 aromatic rings. The van der Waals surface area contributed by atoms with Gasteiger partial charge in [-0.05, 0) is 32.9 Å². The van der Waals surface area contributed by atoms with Crippen molar-refractivity contribution in [3.63, 3.8) is 0 Å². The third kappa shape index (κ3) is 3.47. The van der Waals surface area contributed by atoms with Crippen LogP contribution in [0.1, 0.15) is 42.3 Å². The van der Waals surface area contributed by atoms with Crippen LogP contribution in [0, 0.1) is 20.8 Å². The molecular formula is C15H23N3O. The second kappa shape index (κ2) is 5.61. The van der Waals surface area contributed by atoms with Gasteiger partial charge in [0, 0.05) is 17.3 Å². The van der Waals surface area contributed by atoms with Gasteiger partial charge in [0.25, 0.3) is 0 Å². The van der Waals surface area contributed by atoms with Crippen LogP contribution >= 0.6 is 0 Å². The summed E-state index contributed by atoms with van der Waals surface area (Å²) in [5.41, 5.74) is 3.44. The van der Waals surface area contributed by atoms with E-state index in [4.69, 9.17) is 4.42 Å². The van der Waals surface area contributed by atoms with Crippen LogP contribution in [0.15, 0.2) is 16.5 Å². The molecule has 2 aromatic heterocycles. The smallest absolute Gasteiger partial charge is 0.118 e. The lowest BCUT2D eigenvalue weighted by Crippen LogP contribution is -2.21. The molecule has 0 radical (unpaired) electrons. The molecule has 0 aliphatic carbocycles. The Kier molecular flexibility index (Phi) is 4.10. The molecule has 104 valence electrons. The van der Waals surface area contributed by atoms with E-state index in [-0.39, 0.29) is 0 Å². The summed E-state index contributed by atoms with van der Waals surface area (Å²) >= 11 is 0. The van der Waals surface area contributed by atoms with E-state index < -0.39 is 0 Å². The number of aryl methyl sites for hydroxylation is 3. The molecule has 2 rings (SSSR count). The van der Waals surface area contributed by atoms with Crippen molar-refractivity contribution in [2.24, 2.45) is 0 Å². The van der Waals surface area contributed by atoms with Crippen LogP contribution in [0.4, 0.5) is 0 Å². The van der Waals surface area contributed by atoms with Crippen LogP contribution in [0.5, 0.6) is 0 Å². The molecule has 4 heteroatoms. The Labute approximate surface area is 114 Å². The molecular weight excluding hydrogens is 238 g/mol. The minimum Gasteiger partial charge on any atom is -0.465 e. The molecule has 2 heterocycles. The van der Waals surface area contributed by atoms with Gasteiger partial charge >= 0.3 is 0 Å². The van der Waals surface area contributed by atoms with Gasteiger partial charge < -0.3 is 9.73 Å². The zero-order valence-electron chi connectivity index (χ0n) is 12.4. The number of nitrogens with one attached hydrogen (secondary N) is 1. The highest BCUT2D eigenvalue weighted by atomic mass is 16.3. The van der Waals surface area contributed by atoms with Gasteiger partial charge in [0.15, 0.2) is 0 Å². The van der Waals surface area contributed by atoms with Gasteiger partial charge in [-0.1, -0.05) is 13.8 Å². The van der Waals surface area contributed by atoms with E-state index >= 15 is 0 Å². The Bertz CT molecular complexity index is 552. The Morgan fingerprint density at radius 1 is 1.26 bits per heavy atom. The summed E-state index contributed by atoms with van der Waals surface area (Å²) < 4.78 is 7.80. The largest absolute Gasteiger partial charge is 0.465 e. The van der Waals surface area contributed by atoms with Crippen molar-refractivity contribution >= 4 is 0 Å². The van der Waals surface area contributed by atoms with Gasteiger partial charge in [-0.15, -0.1) is 0 Å². The fraction of sp³-hybridized carbons (Fsp3) is 0.533. The molecule has 0 saturated carbocycles. The number of furan rings is 1. The van der Waals surface area contributed by atoms with Crippen molar-refractivity contribution in [2.75, 3.05) is 0 Å². The molecule has 0 aromatic carbocycles. The zero-order valence-corrected chi connectivity index (χ0v) is 12.4. The van der Waals surface area contributed by atoms with Crippen LogP contribution in [0.3, 0.4) is 0 Å². The quantitative estimate of drug-likeness (QED) is 0.900. The number of rotatable bonds is 5. The SMILES string of the molecule is Cc1cc(C)n(Cc2cc(CNC(C)C)oc2C)n1. The molecule has 0 bridgehead atoms. The van der Waals surface area contributed by atoms with Crippen molar-refractivity contribution in [2.45, 2.75) is 53.8 Å². The first-order valence-electron chi connectivity index (χ1n) is 6.78. The van der Waals surface area contributed by atoms with Crippen LogP contribution in [-0.4, -0.2) is 15.8 Å². The lowest BCUT2D eigenvalue weighted by Gasteiger charge is -2.04. The molecule has 0 spiro atoms. The average molecular weight is 261 g/mol. The Balaban J connectivity index is 2.10. The highest BCUT2D eigenvalue weighted by Gasteiger charge is 2.10. The maximum atomic E-state index is 5.78. The molecule has 0 aliphatic rings. The Morgan fingerprint density at radius 3 is 2.58 bits per heavy atom. The van der Waals surface area contributed by atoms with E-state index in [0.29, 0.717) is 6.04 Å². The third-order valence-corrected chi connectivity index (χ3v) is 3.18. The molecule has 0 saturated heterocycles. The summed E-state index contributed by atoms with van der Waals surface area (Å²) in [7, 11) is 0. The van der Waals surface area contributed by atoms with E-state index in [2.05, 4.69) is 43.3 Å². The van der Waals surface area contributed by atoms with Gasteiger partial charge in [0.05, 0.1) is 18.8 Å². The van der Waals surface area contributed by atoms with E-state index in [1.807, 2.05) is 18.5 Å². The van der Waals surface area contributed by atoms with E-state index in [0.717, 1.165) is 30.3 Å². The first-order valence-corrected chi connectivity index (χ1v) is 6.78. The summed E-state index contributed by atoms with van der Waals surface area (Å²) in [6.07, 6.45) is 0. The van der Waals surface area contributed by atoms with Gasteiger partial charge in [0.2, 0.25) is 0 Å². The van der Waals surface area contributed by atoms with Crippen LogP contribution in [-0.2, 0) is 13.1 Å². The lowest BCUT2D eigenvalue weighted by atomic mass is 10.2. The van der Waals surface area contributed by atoms with E-state index in [1.54, 1.807) is 0 Å². The summed E-state index contributed by atoms with van der Waals surface area (Å²) in [6, 6.07) is 4.68. The van der Waals surface area contributed by atoms with E-state index in [9.17, 15) is 0 Å². The molecule has 1 N–H and O–H groups in total. The Hall–Kier alpha value is -1.55. The number of hydrogen-bond acceptors (Lipinski definition) is 3. The van der Waals surface area contributed by atoms with Crippen molar-refractivity contribution < 1.29 is 4.42 Å². The number of hydrogen-bond donors (Lipinski definition) is 1. The second-order valence-corrected chi connectivity index (χ2v) is 5.41. The number of aromatic nitrogens is 2. The fourth-order valence-electron chi connectivity index (χ4n) is 2.13. The van der Waals surface area contributed by atoms with E-state index in [1.165, 1.54) is 11.3 Å². The van der Waals surface area contributed by atoms with Crippen LogP contribution in [0.2, 0.25) is 0 Å². The molecule has 0 amide bonds. The summed E-state index contributed by atoms with van der Waals surface area (Å²) in [6.45, 7) is 11.9. The molecule has 4 nitrogen and oxygen atoms in total. The van der Waals surface area contributed by atoms with Gasteiger partial charge in [-0.2, -0.15) is 5.10 Å². The zero-order chi connectivity index (χ0) is 14.0. The predicted molar refractivity (Wildman–Crippen MR) is 76.2 cm³/mol. The summed E-state index contributed by atoms with van der Waals surface area (Å²) in [4.78, 5) is 0. The third-order valence-electron chi connectivity index (χ3n) is 3.18. The normalized spacial score (nSPS) is 11.5. The summed E-state index contributed by atoms with van der Waals surface area (Å²) in [5, 5.41) is 7.85. The first-order chi connectivity index (χ1) is 8.95. The van der Waals surface area contributed by atoms with Crippen molar-refractivity contribution in [3.05, 3.63) is 40.6 Å². The standard InChI is InChI=1S/C15H23N3O/c1-10(2)16-8-15-7-14(13(5)19-15)9-18-12(4)6-11(3)17-18/h6-7,10,16H,8-9H2,1-5H3. The maximum absolute atomic E-state index is 5.78. The van der Waals surface area contributed by atoms with Crippen LogP contribution < -0.4 is 5.32 Å². The first kappa shape index (κ1) is 13.9. The molecule has 0 aliphatic heterocycles. The van der Waals surface area contributed by atoms with Gasteiger partial charge in [-0.25, -0.2) is 0 Å². The maximum Gasteiger partial charge on any atom is 0.118 e. The lowest BCUT2D eigenvalue weighted by molar-refractivity contribution is 0.445. The highest BCUT2D eigenvalue weighted by Crippen LogP contribution is 2.17. The Morgan fingerprint density at radius 2 is 2.00 bits per heavy atom. The molecule has 0 atom stereocenters. The highest BCUT2D eigenvalue weighted by molar-refractivity contribution is 5.22. The van der Waals surface area contributed by atoms with Crippen LogP contribution in [0.25, 0.3) is 0 Å². The average Bonchev–Trinajstić information content (AvgIpc) is 2.81. The van der Waals surface area contributed by atoms with Crippen molar-refractivity contribution in [1.29, 1.82) is 0 Å². The second-order valence-electron chi connectivity index (χ2n) is 5.41. The monoisotopic (exact) mass is 261 g/mol. The van der Waals surface area contributed by atoms with Gasteiger partial charge in [-0.3, -0.25) is 4.68 Å². The topological polar surface area (TPSA) is 43.0 Å². The predicted octanol–water partition coefficient (Wildman–Crippen LogP) is 2.95. The molecule has 19 heavy (non-hydrogen) atoms.